The highest BCUT2D eigenvalue weighted by Gasteiger charge is 2.15. The van der Waals surface area contributed by atoms with Gasteiger partial charge in [0.15, 0.2) is 0 Å². The molecule has 4 aromatic carbocycles. The summed E-state index contributed by atoms with van der Waals surface area (Å²) >= 11 is 0. The normalized spacial score (nSPS) is 12.1. The van der Waals surface area contributed by atoms with Crippen LogP contribution in [0.15, 0.2) is 121 Å². The van der Waals surface area contributed by atoms with Crippen LogP contribution in [0.25, 0.3) is 24.3 Å². The van der Waals surface area contributed by atoms with Crippen molar-refractivity contribution in [2.45, 2.75) is 38.9 Å². The molecular weight excluding hydrogens is 785 g/mol. The summed E-state index contributed by atoms with van der Waals surface area (Å²) in [6.07, 6.45) is 15.1. The van der Waals surface area contributed by atoms with Crippen molar-refractivity contribution in [2.75, 3.05) is 39.6 Å². The highest BCUT2D eigenvalue weighted by atomic mass is 16.6. The molecule has 0 saturated carbocycles. The van der Waals surface area contributed by atoms with Crippen LogP contribution < -0.4 is 0 Å². The Morgan fingerprint density at radius 3 is 1.03 bits per heavy atom. The summed E-state index contributed by atoms with van der Waals surface area (Å²) in [5, 5.41) is 53.3. The minimum absolute atomic E-state index is 0.112. The molecule has 0 saturated heterocycles. The lowest BCUT2D eigenvalue weighted by Gasteiger charge is -2.12. The van der Waals surface area contributed by atoms with Crippen molar-refractivity contribution in [1.82, 2.24) is 0 Å². The van der Waals surface area contributed by atoms with Gasteiger partial charge in [0, 0.05) is 0 Å². The fourth-order valence-corrected chi connectivity index (χ4v) is 5.06. The molecule has 4 rings (SSSR count). The third kappa shape index (κ3) is 20.5. The minimum atomic E-state index is -0.887. The van der Waals surface area contributed by atoms with Gasteiger partial charge in [0.1, 0.15) is 0 Å². The van der Waals surface area contributed by atoms with E-state index >= 15 is 0 Å². The van der Waals surface area contributed by atoms with Gasteiger partial charge in [-0.15, -0.1) is 0 Å². The van der Waals surface area contributed by atoms with E-state index in [9.17, 15) is 29.4 Å². The average Bonchev–Trinajstić information content (AvgIpc) is 3.27. The van der Waals surface area contributed by atoms with Crippen molar-refractivity contribution in [3.05, 3.63) is 166 Å². The maximum Gasteiger partial charge on any atom is 0.346 e. The van der Waals surface area contributed by atoms with Crippen LogP contribution in [0.4, 0.5) is 0 Å². The molecule has 324 valence electrons. The first-order valence-corrected chi connectivity index (χ1v) is 19.4. The number of carboxylic acids is 2. The number of carboxylic acid groups (broad SMARTS) is 2. The fourth-order valence-electron chi connectivity index (χ4n) is 5.06. The molecule has 13 nitrogen and oxygen atoms in total. The second-order valence-electron chi connectivity index (χ2n) is 12.8. The van der Waals surface area contributed by atoms with Gasteiger partial charge in [-0.1, -0.05) is 97.1 Å². The second kappa shape index (κ2) is 29.8. The lowest BCUT2D eigenvalue weighted by Crippen LogP contribution is -2.18. The number of hydrogen-bond acceptors (Lipinski definition) is 11. The van der Waals surface area contributed by atoms with Crippen LogP contribution >= 0.6 is 0 Å². The van der Waals surface area contributed by atoms with Gasteiger partial charge in [0.25, 0.3) is 0 Å². The Bertz CT molecular complexity index is 1870. The topological polar surface area (TPSA) is 217 Å². The number of rotatable bonds is 20. The summed E-state index contributed by atoms with van der Waals surface area (Å²) in [6.45, 7) is 3.62. The monoisotopic (exact) mass is 838 g/mol. The van der Waals surface area contributed by atoms with Crippen molar-refractivity contribution in [2.24, 2.45) is 0 Å². The van der Waals surface area contributed by atoms with Crippen molar-refractivity contribution in [3.63, 3.8) is 0 Å². The molecule has 13 heteroatoms. The lowest BCUT2D eigenvalue weighted by molar-refractivity contribution is -0.00127. The smallest absolute Gasteiger partial charge is 0.346 e. The number of esters is 2. The molecule has 0 spiro atoms. The van der Waals surface area contributed by atoms with Gasteiger partial charge < -0.3 is 44.8 Å². The van der Waals surface area contributed by atoms with E-state index in [0.717, 1.165) is 22.3 Å². The van der Waals surface area contributed by atoms with Crippen molar-refractivity contribution in [1.29, 1.82) is 0 Å². The number of aliphatic hydroxyl groups is 4. The summed E-state index contributed by atoms with van der Waals surface area (Å²) in [5.41, 5.74) is 4.76. The fraction of sp³-hybridized carbons (Fsp3) is 0.250. The van der Waals surface area contributed by atoms with E-state index in [0.29, 0.717) is 24.0 Å². The van der Waals surface area contributed by atoms with Crippen LogP contribution in [0.1, 0.15) is 90.4 Å². The first-order chi connectivity index (χ1) is 29.5. The SMILES string of the molecule is CC=Cc1ccc(C(=O)O)cc1.CC=Cc1ccc(C(=O)O)cc1.O=C(OC(=O)c1ccc(C=CCC(CO)OCCO)cc1)c1ccc(C=CCC(CO)OCCO)cc1. The molecule has 2 atom stereocenters. The summed E-state index contributed by atoms with van der Waals surface area (Å²) in [5.74, 6) is -3.30. The van der Waals surface area contributed by atoms with Crippen LogP contribution in [0.5, 0.6) is 0 Å². The number of benzene rings is 4. The summed E-state index contributed by atoms with van der Waals surface area (Å²) < 4.78 is 15.6. The van der Waals surface area contributed by atoms with Gasteiger partial charge >= 0.3 is 23.9 Å². The Morgan fingerprint density at radius 1 is 0.475 bits per heavy atom. The molecule has 2 unspecified atom stereocenters. The molecule has 0 heterocycles. The van der Waals surface area contributed by atoms with Crippen molar-refractivity contribution >= 4 is 48.2 Å². The number of hydrogen-bond donors (Lipinski definition) is 6. The highest BCUT2D eigenvalue weighted by molar-refractivity contribution is 6.02. The maximum absolute atomic E-state index is 12.4. The first-order valence-electron chi connectivity index (χ1n) is 19.4. The van der Waals surface area contributed by atoms with Crippen LogP contribution in [0, 0.1) is 0 Å². The summed E-state index contributed by atoms with van der Waals surface area (Å²) in [6, 6.07) is 26.5. The number of carbonyl (C=O) groups excluding carboxylic acids is 2. The molecule has 0 aromatic heterocycles. The zero-order valence-electron chi connectivity index (χ0n) is 34.2. The van der Waals surface area contributed by atoms with Crippen LogP contribution in [0.2, 0.25) is 0 Å². The van der Waals surface area contributed by atoms with Crippen LogP contribution in [-0.4, -0.2) is 106 Å². The number of ether oxygens (including phenoxy) is 3. The lowest BCUT2D eigenvalue weighted by atomic mass is 10.1. The van der Waals surface area contributed by atoms with E-state index in [2.05, 4.69) is 0 Å². The molecule has 0 amide bonds. The number of aliphatic hydroxyl groups excluding tert-OH is 4. The van der Waals surface area contributed by atoms with Crippen molar-refractivity contribution < 1.29 is 64.0 Å². The second-order valence-corrected chi connectivity index (χ2v) is 12.8. The first kappa shape index (κ1) is 50.8. The van der Waals surface area contributed by atoms with E-state index in [4.69, 9.17) is 34.6 Å². The van der Waals surface area contributed by atoms with Gasteiger partial charge in [-0.25, -0.2) is 19.2 Å². The highest BCUT2D eigenvalue weighted by Crippen LogP contribution is 2.13. The number of allylic oxidation sites excluding steroid dienone is 2. The van der Waals surface area contributed by atoms with E-state index in [1.54, 1.807) is 97.1 Å². The molecule has 0 radical (unpaired) electrons. The van der Waals surface area contributed by atoms with E-state index < -0.39 is 36.1 Å². The van der Waals surface area contributed by atoms with Gasteiger partial charge in [0.2, 0.25) is 0 Å². The third-order valence-electron chi connectivity index (χ3n) is 8.23. The molecule has 0 aliphatic carbocycles. The predicted molar refractivity (Wildman–Crippen MR) is 234 cm³/mol. The van der Waals surface area contributed by atoms with Gasteiger partial charge in [-0.05, 0) is 97.5 Å². The Labute approximate surface area is 355 Å². The Hall–Kier alpha value is -6.32. The summed E-state index contributed by atoms with van der Waals surface area (Å²) in [7, 11) is 0. The standard InChI is InChI=1S/C28H34O9.2C10H10O2/c29-15-17-35-25(19-31)5-1-3-21-7-11-23(12-8-21)27(33)37-28(34)24-13-9-22(10-14-24)4-2-6-26(20-32)36-18-16-30;2*1-2-3-8-4-6-9(7-5-8)10(11)12/h1-4,7-14,25-26,29-32H,5-6,15-20H2;2*2-7H,1H3,(H,11,12). The average molecular weight is 839 g/mol. The molecule has 0 bridgehead atoms. The number of carbonyl (C=O) groups is 4. The van der Waals surface area contributed by atoms with E-state index in [-0.39, 0.29) is 50.8 Å². The Balaban J connectivity index is 0.000000428. The molecule has 0 aliphatic heterocycles. The van der Waals surface area contributed by atoms with Crippen LogP contribution in [0.3, 0.4) is 0 Å². The maximum atomic E-state index is 12.4. The van der Waals surface area contributed by atoms with Gasteiger partial charge in [0.05, 0.1) is 74.1 Å². The molecule has 0 aliphatic rings. The van der Waals surface area contributed by atoms with Gasteiger partial charge in [-0.2, -0.15) is 0 Å². The molecule has 61 heavy (non-hydrogen) atoms. The minimum Gasteiger partial charge on any atom is -0.478 e. The zero-order valence-corrected chi connectivity index (χ0v) is 34.2. The molecule has 0 fully saturated rings. The van der Waals surface area contributed by atoms with E-state index in [1.807, 2.05) is 62.5 Å². The van der Waals surface area contributed by atoms with Crippen molar-refractivity contribution in [3.8, 4) is 0 Å². The predicted octanol–water partition coefficient (Wildman–Crippen LogP) is 7.07. The largest absolute Gasteiger partial charge is 0.478 e. The zero-order chi connectivity index (χ0) is 44.8. The van der Waals surface area contributed by atoms with E-state index in [1.165, 1.54) is 0 Å². The molecule has 6 N–H and O–H groups in total. The van der Waals surface area contributed by atoms with Crippen LogP contribution in [-0.2, 0) is 14.2 Å². The molecular formula is C48H54O13. The van der Waals surface area contributed by atoms with Gasteiger partial charge in [-0.3, -0.25) is 0 Å². The summed E-state index contributed by atoms with van der Waals surface area (Å²) in [4.78, 5) is 45.7. The molecule has 4 aromatic rings. The third-order valence-corrected chi connectivity index (χ3v) is 8.23. The Kier molecular flexibility index (Phi) is 24.8. The quantitative estimate of drug-likeness (QED) is 0.0388. The Morgan fingerprint density at radius 2 is 0.770 bits per heavy atom. The number of aromatic carboxylic acids is 2.